The second kappa shape index (κ2) is 9.47. The van der Waals surface area contributed by atoms with Crippen molar-refractivity contribution in [3.63, 3.8) is 0 Å². The summed E-state index contributed by atoms with van der Waals surface area (Å²) in [6, 6.07) is 6.68. The van der Waals surface area contributed by atoms with Gasteiger partial charge in [-0.05, 0) is 81.3 Å². The van der Waals surface area contributed by atoms with Gasteiger partial charge in [0, 0.05) is 24.4 Å². The molecule has 0 spiro atoms. The molecular weight excluding hydrogens is 509 g/mol. The van der Waals surface area contributed by atoms with Crippen LogP contribution in [0, 0.1) is 0 Å². The van der Waals surface area contributed by atoms with Gasteiger partial charge in [-0.1, -0.05) is 12.1 Å². The van der Waals surface area contributed by atoms with Crippen LogP contribution in [0.2, 0.25) is 0 Å². The summed E-state index contributed by atoms with van der Waals surface area (Å²) in [6.45, 7) is 5.40. The Balaban J connectivity index is 1.33. The molecule has 2 aliphatic heterocycles. The highest BCUT2D eigenvalue weighted by molar-refractivity contribution is 8.00. The predicted molar refractivity (Wildman–Crippen MR) is 136 cm³/mol. The monoisotopic (exact) mass is 540 g/mol. The first-order valence-electron chi connectivity index (χ1n) is 12.3. The van der Waals surface area contributed by atoms with E-state index in [0.717, 1.165) is 56.5 Å². The van der Waals surface area contributed by atoms with Crippen LogP contribution < -0.4 is 10.2 Å². The molecule has 2 N–H and O–H groups in total. The number of benzene rings is 1. The first kappa shape index (κ1) is 25.8. The normalized spacial score (nSPS) is 23.3. The molecule has 3 heterocycles. The number of nitrogens with one attached hydrogen (secondary N) is 1. The molecule has 2 fully saturated rings. The zero-order valence-electron chi connectivity index (χ0n) is 20.4. The third kappa shape index (κ3) is 5.11. The Morgan fingerprint density at radius 3 is 2.39 bits per heavy atom. The summed E-state index contributed by atoms with van der Waals surface area (Å²) in [7, 11) is -1.25. The molecule has 2 aromatic rings. The number of hydrogen-bond acceptors (Lipinski definition) is 7. The zero-order chi connectivity index (χ0) is 25.7. The summed E-state index contributed by atoms with van der Waals surface area (Å²) in [4.78, 5) is 12.7. The Kier molecular flexibility index (Phi) is 6.78. The van der Waals surface area contributed by atoms with Crippen LogP contribution in [0.5, 0.6) is 0 Å². The minimum absolute atomic E-state index is 0.00278. The number of aromatic nitrogens is 2. The van der Waals surface area contributed by atoms with Gasteiger partial charge in [0.05, 0.1) is 33.4 Å². The van der Waals surface area contributed by atoms with Crippen molar-refractivity contribution in [2.45, 2.75) is 83.9 Å². The van der Waals surface area contributed by atoms with Gasteiger partial charge in [0.25, 0.3) is 0 Å². The molecular formula is C25H31F3N4O2S2. The van der Waals surface area contributed by atoms with Gasteiger partial charge in [0.1, 0.15) is 10.7 Å². The van der Waals surface area contributed by atoms with E-state index in [9.17, 15) is 22.5 Å². The van der Waals surface area contributed by atoms with E-state index >= 15 is 0 Å². The lowest BCUT2D eigenvalue weighted by molar-refractivity contribution is -0.0328. The molecule has 0 amide bonds. The lowest BCUT2D eigenvalue weighted by atomic mass is 9.77. The maximum atomic E-state index is 13.3. The average Bonchev–Trinajstić information content (AvgIpc) is 3.04. The molecule has 1 saturated carbocycles. The van der Waals surface area contributed by atoms with Crippen molar-refractivity contribution in [2.75, 3.05) is 29.9 Å². The number of nitrogens with zero attached hydrogens (tertiary/aromatic N) is 3. The van der Waals surface area contributed by atoms with E-state index < -0.39 is 26.6 Å². The Morgan fingerprint density at radius 2 is 1.83 bits per heavy atom. The fourth-order valence-electron chi connectivity index (χ4n) is 5.30. The first-order chi connectivity index (χ1) is 17.0. The molecule has 3 aliphatic rings. The smallest absolute Gasteiger partial charge is 0.394 e. The van der Waals surface area contributed by atoms with Crippen molar-refractivity contribution >= 4 is 34.3 Å². The molecule has 6 nitrogen and oxygen atoms in total. The zero-order valence-corrected chi connectivity index (χ0v) is 22.0. The Hall–Kier alpha value is -1.85. The van der Waals surface area contributed by atoms with Gasteiger partial charge in [0.2, 0.25) is 5.95 Å². The highest BCUT2D eigenvalue weighted by atomic mass is 32.2. The van der Waals surface area contributed by atoms with E-state index in [1.165, 1.54) is 0 Å². The van der Waals surface area contributed by atoms with Crippen molar-refractivity contribution in [3.05, 3.63) is 35.5 Å². The summed E-state index contributed by atoms with van der Waals surface area (Å²) in [5.74, 6) is 1.44. The number of fused-ring (bicyclic) bond motifs is 1. The molecule has 1 aliphatic carbocycles. The van der Waals surface area contributed by atoms with Gasteiger partial charge in [0.15, 0.2) is 0 Å². The number of rotatable bonds is 6. The summed E-state index contributed by atoms with van der Waals surface area (Å²) in [5.41, 5.74) is -2.85. The molecule has 36 heavy (non-hydrogen) atoms. The van der Waals surface area contributed by atoms with E-state index in [2.05, 4.69) is 10.2 Å². The van der Waals surface area contributed by atoms with E-state index in [4.69, 9.17) is 9.97 Å². The second-order valence-electron chi connectivity index (χ2n) is 10.6. The van der Waals surface area contributed by atoms with Crippen molar-refractivity contribution in [1.82, 2.24) is 9.97 Å². The molecule has 1 atom stereocenters. The standard InChI is InChI=1S/C25H31F3N4O2S2/c1-23(2)14-19-20(36(23)34)21(31-24(15-33)10-3-11-24)30-22(29-19)32-12-8-17(9-13-32)16-4-6-18(7-5-16)35-25(26,27)28/h4-7,17,33H,3,8-15H2,1-2H3,(H,29,30,31)/t36-/m1/s1. The Labute approximate surface area is 215 Å². The van der Waals surface area contributed by atoms with Crippen LogP contribution in [0.15, 0.2) is 34.1 Å². The topological polar surface area (TPSA) is 78.3 Å². The lowest BCUT2D eigenvalue weighted by Gasteiger charge is -2.42. The third-order valence-corrected chi connectivity index (χ3v) is 10.3. The maximum absolute atomic E-state index is 13.3. The van der Waals surface area contributed by atoms with E-state index in [1.54, 1.807) is 24.3 Å². The average molecular weight is 541 g/mol. The molecule has 0 unspecified atom stereocenters. The van der Waals surface area contributed by atoms with E-state index in [1.807, 2.05) is 13.8 Å². The van der Waals surface area contributed by atoms with Gasteiger partial charge >= 0.3 is 5.51 Å². The molecule has 0 radical (unpaired) electrons. The minimum Gasteiger partial charge on any atom is -0.394 e. The van der Waals surface area contributed by atoms with Crippen molar-refractivity contribution in [2.24, 2.45) is 0 Å². The van der Waals surface area contributed by atoms with Gasteiger partial charge in [-0.25, -0.2) is 4.98 Å². The number of alkyl halides is 3. The largest absolute Gasteiger partial charge is 0.446 e. The fourth-order valence-corrected chi connectivity index (χ4v) is 7.27. The third-order valence-electron chi connectivity index (χ3n) is 7.56. The number of piperidine rings is 1. The highest BCUT2D eigenvalue weighted by Gasteiger charge is 2.44. The van der Waals surface area contributed by atoms with Crippen LogP contribution in [0.1, 0.15) is 63.1 Å². The molecule has 196 valence electrons. The number of anilines is 2. The van der Waals surface area contributed by atoms with Crippen LogP contribution in [0.25, 0.3) is 0 Å². The lowest BCUT2D eigenvalue weighted by Crippen LogP contribution is -2.49. The summed E-state index contributed by atoms with van der Waals surface area (Å²) >= 11 is -0.0923. The number of halogens is 3. The van der Waals surface area contributed by atoms with Crippen molar-refractivity contribution in [1.29, 1.82) is 0 Å². The Bertz CT molecular complexity index is 1140. The van der Waals surface area contributed by atoms with Gasteiger partial charge in [-0.3, -0.25) is 4.21 Å². The van der Waals surface area contributed by atoms with Crippen molar-refractivity contribution < 1.29 is 22.5 Å². The minimum atomic E-state index is -4.28. The Morgan fingerprint density at radius 1 is 1.17 bits per heavy atom. The SMILES string of the molecule is CC1(C)Cc2nc(N3CCC(c4ccc(SC(F)(F)F)cc4)CC3)nc(NC3(CO)CCC3)c2[S@]1=O. The second-order valence-corrected chi connectivity index (χ2v) is 13.8. The first-order valence-corrected chi connectivity index (χ1v) is 14.3. The molecule has 1 aromatic carbocycles. The maximum Gasteiger partial charge on any atom is 0.446 e. The van der Waals surface area contributed by atoms with Gasteiger partial charge < -0.3 is 15.3 Å². The molecule has 1 aromatic heterocycles. The van der Waals surface area contributed by atoms with Gasteiger partial charge in [-0.2, -0.15) is 18.2 Å². The summed E-state index contributed by atoms with van der Waals surface area (Å²) < 4.78 is 50.7. The van der Waals surface area contributed by atoms with Crippen LogP contribution in [-0.2, 0) is 17.2 Å². The number of aliphatic hydroxyl groups is 1. The molecule has 11 heteroatoms. The molecule has 1 saturated heterocycles. The van der Waals surface area contributed by atoms with Crippen LogP contribution in [-0.4, -0.2) is 54.8 Å². The predicted octanol–water partition coefficient (Wildman–Crippen LogP) is 5.24. The van der Waals surface area contributed by atoms with E-state index in [-0.39, 0.29) is 29.2 Å². The summed E-state index contributed by atoms with van der Waals surface area (Å²) in [5, 5.41) is 13.4. The van der Waals surface area contributed by atoms with E-state index in [0.29, 0.717) is 23.1 Å². The van der Waals surface area contributed by atoms with Crippen molar-refractivity contribution in [3.8, 4) is 0 Å². The molecule has 5 rings (SSSR count). The quantitative estimate of drug-likeness (QED) is 0.485. The number of thioether (sulfide) groups is 1. The van der Waals surface area contributed by atoms with Crippen LogP contribution in [0.4, 0.5) is 24.9 Å². The molecule has 0 bridgehead atoms. The van der Waals surface area contributed by atoms with Crippen LogP contribution >= 0.6 is 11.8 Å². The summed E-state index contributed by atoms with van der Waals surface area (Å²) in [6.07, 6.45) is 5.01. The number of aliphatic hydroxyl groups excluding tert-OH is 1. The van der Waals surface area contributed by atoms with Crippen LogP contribution in [0.3, 0.4) is 0 Å². The van der Waals surface area contributed by atoms with Gasteiger partial charge in [-0.15, -0.1) is 0 Å². The highest BCUT2D eigenvalue weighted by Crippen LogP contribution is 2.43. The number of hydrogen-bond donors (Lipinski definition) is 2. The fraction of sp³-hybridized carbons (Fsp3) is 0.600.